The van der Waals surface area contributed by atoms with Gasteiger partial charge in [-0.25, -0.2) is 0 Å². The molecule has 34 heavy (non-hydrogen) atoms. The largest absolute Gasteiger partial charge is 0.359 e. The van der Waals surface area contributed by atoms with Gasteiger partial charge in [0, 0.05) is 27.7 Å². The highest BCUT2D eigenvalue weighted by Gasteiger charge is 2.38. The van der Waals surface area contributed by atoms with Crippen molar-refractivity contribution in [3.63, 3.8) is 0 Å². The molecule has 4 nitrogen and oxygen atoms in total. The van der Waals surface area contributed by atoms with E-state index in [0.717, 1.165) is 34.2 Å². The van der Waals surface area contributed by atoms with Crippen LogP contribution in [0.4, 0.5) is 0 Å². The van der Waals surface area contributed by atoms with Crippen LogP contribution in [0.1, 0.15) is 102 Å². The van der Waals surface area contributed by atoms with E-state index in [4.69, 9.17) is 68.8 Å². The van der Waals surface area contributed by atoms with Gasteiger partial charge in [-0.15, -0.1) is 0 Å². The summed E-state index contributed by atoms with van der Waals surface area (Å²) in [6, 6.07) is 1.12. The monoisotopic (exact) mass is 592 g/mol. The summed E-state index contributed by atoms with van der Waals surface area (Å²) < 4.78 is 4.33. The normalized spacial score (nSPS) is 12.9. The topological polar surface area (TPSA) is 17.6 Å². The standard InChI is InChI=1S/2C11H20BCl3N2/c2*1-7(2)16-9(5)10(6)17(8(3)4)11(16)12(13,14)15/h2*7-8H,1-6H3. The fraction of sp³-hybridized carbons (Fsp3) is 0.727. The highest BCUT2D eigenvalue weighted by atomic mass is 35.6. The van der Waals surface area contributed by atoms with Crippen LogP contribution in [0.5, 0.6) is 0 Å². The molecule has 0 aromatic carbocycles. The Morgan fingerprint density at radius 1 is 0.529 bits per heavy atom. The zero-order valence-electron chi connectivity index (χ0n) is 22.5. The van der Waals surface area contributed by atoms with Crippen molar-refractivity contribution in [1.29, 1.82) is 0 Å². The Kier molecular flexibility index (Phi) is 11.2. The average molecular weight is 595 g/mol. The van der Waals surface area contributed by atoms with Gasteiger partial charge in [0.15, 0.2) is 0 Å². The van der Waals surface area contributed by atoms with Crippen molar-refractivity contribution >= 4 is 89.0 Å². The quantitative estimate of drug-likeness (QED) is 0.258. The molecule has 0 aliphatic rings. The molecule has 0 unspecified atom stereocenters. The first kappa shape index (κ1) is 32.3. The molecule has 0 bridgehead atoms. The van der Waals surface area contributed by atoms with E-state index in [9.17, 15) is 0 Å². The third kappa shape index (κ3) is 6.78. The zero-order chi connectivity index (χ0) is 27.1. The summed E-state index contributed by atoms with van der Waals surface area (Å²) in [5, 5.41) is 0. The maximum absolute atomic E-state index is 6.19. The van der Waals surface area contributed by atoms with Crippen LogP contribution in [0.25, 0.3) is 0 Å². The molecule has 0 radical (unpaired) electrons. The molecule has 196 valence electrons. The average Bonchev–Trinajstić information content (AvgIpc) is 3.07. The van der Waals surface area contributed by atoms with Crippen LogP contribution in [-0.2, 0) is 0 Å². The van der Waals surface area contributed by atoms with E-state index in [1.54, 1.807) is 0 Å². The van der Waals surface area contributed by atoms with E-state index >= 15 is 0 Å². The Labute approximate surface area is 236 Å². The predicted molar refractivity (Wildman–Crippen MR) is 156 cm³/mol. The highest BCUT2D eigenvalue weighted by molar-refractivity contribution is 7.69. The van der Waals surface area contributed by atoms with Crippen LogP contribution < -0.4 is 20.6 Å². The van der Waals surface area contributed by atoms with Gasteiger partial charge in [-0.05, 0) is 55.4 Å². The second-order valence-electron chi connectivity index (χ2n) is 10.1. The van der Waals surface area contributed by atoms with E-state index in [0.29, 0.717) is 0 Å². The summed E-state index contributed by atoms with van der Waals surface area (Å²) in [7, 11) is 0. The van der Waals surface area contributed by atoms with Crippen molar-refractivity contribution in [2.24, 2.45) is 0 Å². The van der Waals surface area contributed by atoms with Crippen LogP contribution in [-0.4, -0.2) is 17.9 Å². The maximum atomic E-state index is 6.19. The van der Waals surface area contributed by atoms with Gasteiger partial charge >= 0.3 is 8.78 Å². The fourth-order valence-electron chi connectivity index (χ4n) is 4.85. The Balaban J connectivity index is 0.000000340. The summed E-state index contributed by atoms with van der Waals surface area (Å²) in [4.78, 5) is 0. The predicted octanol–water partition coefficient (Wildman–Crippen LogP) is 6.83. The Morgan fingerprint density at radius 2 is 0.765 bits per heavy atom. The van der Waals surface area contributed by atoms with E-state index < -0.39 is 8.78 Å². The van der Waals surface area contributed by atoms with E-state index in [2.05, 4.69) is 101 Å². The lowest BCUT2D eigenvalue weighted by molar-refractivity contribution is -0.705. The van der Waals surface area contributed by atoms with Crippen LogP contribution in [0.3, 0.4) is 0 Å². The van der Waals surface area contributed by atoms with Gasteiger partial charge in [-0.1, -0.05) is 0 Å². The lowest BCUT2D eigenvalue weighted by atomic mass is 10.0. The van der Waals surface area contributed by atoms with Crippen LogP contribution in [0, 0.1) is 27.7 Å². The van der Waals surface area contributed by atoms with Gasteiger partial charge in [0.25, 0.3) is 0 Å². The first-order valence-electron chi connectivity index (χ1n) is 11.8. The Morgan fingerprint density at radius 3 is 0.912 bits per heavy atom. The lowest BCUT2D eigenvalue weighted by Gasteiger charge is -2.22. The van der Waals surface area contributed by atoms with Gasteiger partial charge in [-0.2, -0.15) is 0 Å². The molecular weight excluding hydrogens is 555 g/mol. The molecule has 0 N–H and O–H groups in total. The van der Waals surface area contributed by atoms with Crippen molar-refractivity contribution in [2.75, 3.05) is 0 Å². The summed E-state index contributed by atoms with van der Waals surface area (Å²) in [6.45, 7) is 25.1. The Hall–Kier alpha value is 0.290. The first-order valence-corrected chi connectivity index (χ1v) is 14.4. The second-order valence-corrected chi connectivity index (χ2v) is 15.3. The van der Waals surface area contributed by atoms with Crippen LogP contribution in [0.2, 0.25) is 0 Å². The molecule has 0 aliphatic carbocycles. The van der Waals surface area contributed by atoms with Gasteiger partial charge < -0.3 is 68.8 Å². The fourth-order valence-corrected chi connectivity index (χ4v) is 6.12. The van der Waals surface area contributed by atoms with Gasteiger partial charge in [0.2, 0.25) is 0 Å². The zero-order valence-corrected chi connectivity index (χ0v) is 27.1. The second kappa shape index (κ2) is 11.8. The molecule has 12 heteroatoms. The molecule has 0 aliphatic heterocycles. The van der Waals surface area contributed by atoms with Crippen molar-refractivity contribution in [3.05, 3.63) is 22.8 Å². The van der Waals surface area contributed by atoms with E-state index in [1.807, 2.05) is 0 Å². The molecule has 2 heterocycles. The number of aromatic nitrogens is 4. The van der Waals surface area contributed by atoms with E-state index in [-0.39, 0.29) is 24.2 Å². The minimum atomic E-state index is -2.09. The molecule has 2 aromatic heterocycles. The summed E-state index contributed by atoms with van der Waals surface area (Å²) in [5.41, 5.74) is 6.26. The SMILES string of the molecule is Cc1c(C)[n+](C(C)C)c([B-](Cl)(Cl)Cl)n1C(C)C.Cc1c(C)[n+](C(C)C)c([B-](Cl)(Cl)Cl)n1C(C)C. The van der Waals surface area contributed by atoms with Gasteiger partial charge in [0.05, 0.1) is 24.2 Å². The van der Waals surface area contributed by atoms with Crippen molar-refractivity contribution in [1.82, 2.24) is 9.13 Å². The summed E-state index contributed by atoms with van der Waals surface area (Å²) in [5.74, 6) is 0. The number of nitrogens with zero attached hydrogens (tertiary/aromatic N) is 4. The Bertz CT molecular complexity index is 856. The van der Waals surface area contributed by atoms with Crippen molar-refractivity contribution in [3.8, 4) is 0 Å². The first-order chi connectivity index (χ1) is 15.2. The molecule has 0 saturated carbocycles. The molecule has 0 atom stereocenters. The summed E-state index contributed by atoms with van der Waals surface area (Å²) in [6.07, 6.45) is 0. The number of halogens is 6. The molecule has 0 saturated heterocycles. The number of hydrogen-bond donors (Lipinski definition) is 0. The van der Waals surface area contributed by atoms with Crippen LogP contribution in [0.15, 0.2) is 0 Å². The molecular formula is C22H40B2Cl6N4. The minimum absolute atomic E-state index is 0.279. The number of rotatable bonds is 6. The highest BCUT2D eigenvalue weighted by Crippen LogP contribution is 2.24. The van der Waals surface area contributed by atoms with Crippen molar-refractivity contribution < 1.29 is 9.13 Å². The van der Waals surface area contributed by atoms with Gasteiger partial charge in [0.1, 0.15) is 34.2 Å². The minimum Gasteiger partial charge on any atom is -0.337 e. The smallest absolute Gasteiger partial charge is 0.337 e. The third-order valence-electron chi connectivity index (χ3n) is 6.13. The summed E-state index contributed by atoms with van der Waals surface area (Å²) >= 11 is 37.2. The number of hydrogen-bond acceptors (Lipinski definition) is 0. The molecule has 2 aromatic rings. The molecule has 0 spiro atoms. The molecule has 0 fully saturated rings. The third-order valence-corrected chi connectivity index (χ3v) is 7.30. The number of imidazole rings is 2. The van der Waals surface area contributed by atoms with Crippen LogP contribution >= 0.6 is 68.8 Å². The van der Waals surface area contributed by atoms with E-state index in [1.165, 1.54) is 0 Å². The van der Waals surface area contributed by atoms with Gasteiger partial charge in [-0.3, -0.25) is 18.3 Å². The molecule has 2 rings (SSSR count). The molecule has 0 amide bonds. The van der Waals surface area contributed by atoms with Crippen molar-refractivity contribution in [2.45, 2.75) is 107 Å². The lowest BCUT2D eigenvalue weighted by Crippen LogP contribution is -2.61. The maximum Gasteiger partial charge on any atom is 0.359 e.